The average Bonchev–Trinajstić information content (AvgIpc) is 3.47. The molecule has 0 saturated carbocycles. The Labute approximate surface area is 175 Å². The number of aliphatic hydroxyl groups excluding tert-OH is 1. The molecule has 158 valence electrons. The summed E-state index contributed by atoms with van der Waals surface area (Å²) in [5, 5.41) is 29.7. The fraction of sp³-hybridized carbons (Fsp3) is 0.190. The molecular weight excluding hydrogens is 406 g/mol. The largest absolute Gasteiger partial charge is 0.466 e. The summed E-state index contributed by atoms with van der Waals surface area (Å²) in [5.41, 5.74) is 0.0985. The molecule has 10 heteroatoms. The van der Waals surface area contributed by atoms with Crippen LogP contribution in [0.4, 0.5) is 5.69 Å². The summed E-state index contributed by atoms with van der Waals surface area (Å²) < 4.78 is 10.1. The van der Waals surface area contributed by atoms with Crippen molar-refractivity contribution >= 4 is 17.4 Å². The molecule has 0 bridgehead atoms. The van der Waals surface area contributed by atoms with Gasteiger partial charge in [0.1, 0.15) is 5.69 Å². The molecule has 0 saturated heterocycles. The van der Waals surface area contributed by atoms with E-state index in [4.69, 9.17) is 14.1 Å². The van der Waals surface area contributed by atoms with Crippen LogP contribution in [0.25, 0.3) is 11.3 Å². The predicted molar refractivity (Wildman–Crippen MR) is 107 cm³/mol. The van der Waals surface area contributed by atoms with Gasteiger partial charge in [-0.1, -0.05) is 40.6 Å². The summed E-state index contributed by atoms with van der Waals surface area (Å²) in [6.45, 7) is 0. The minimum absolute atomic E-state index is 0.00408. The van der Waals surface area contributed by atoms with Crippen molar-refractivity contribution in [1.82, 2.24) is 5.16 Å². The van der Waals surface area contributed by atoms with E-state index >= 15 is 0 Å². The van der Waals surface area contributed by atoms with Crippen molar-refractivity contribution < 1.29 is 28.9 Å². The van der Waals surface area contributed by atoms with Crippen molar-refractivity contribution in [3.63, 3.8) is 0 Å². The highest BCUT2D eigenvalue weighted by atomic mass is 16.7. The van der Waals surface area contributed by atoms with Crippen LogP contribution in [0.1, 0.15) is 23.8 Å². The first-order valence-corrected chi connectivity index (χ1v) is 9.23. The third-order valence-corrected chi connectivity index (χ3v) is 5.00. The third kappa shape index (κ3) is 3.64. The molecule has 1 aliphatic rings. The standard InChI is InChI=1S/C21H17N3O7/c1-29-20(26)21(12-17(23-31-21)14-7-9-15(10-8-14)24(27)28)19(25)18-11-16(22-30-18)13-5-3-2-4-6-13/h2-11,19,25H,12H2,1H3. The number of carbonyl (C=O) groups excluding carboxylic acids is 1. The quantitative estimate of drug-likeness (QED) is 0.363. The number of hydrogen-bond donors (Lipinski definition) is 1. The highest BCUT2D eigenvalue weighted by Gasteiger charge is 2.56. The highest BCUT2D eigenvalue weighted by Crippen LogP contribution is 2.40. The van der Waals surface area contributed by atoms with Crippen LogP contribution in [-0.4, -0.2) is 39.6 Å². The fourth-order valence-corrected chi connectivity index (χ4v) is 3.31. The lowest BCUT2D eigenvalue weighted by Gasteiger charge is -2.26. The monoisotopic (exact) mass is 423 g/mol. The number of nitro benzene ring substituents is 1. The molecule has 4 rings (SSSR count). The molecule has 1 aliphatic heterocycles. The zero-order chi connectivity index (χ0) is 22.0. The first-order valence-electron chi connectivity index (χ1n) is 9.23. The van der Waals surface area contributed by atoms with Crippen molar-refractivity contribution in [3.05, 3.63) is 82.1 Å². The molecule has 2 atom stereocenters. The van der Waals surface area contributed by atoms with Crippen LogP contribution in [0.5, 0.6) is 0 Å². The minimum atomic E-state index is -1.89. The van der Waals surface area contributed by atoms with Gasteiger partial charge in [-0.15, -0.1) is 0 Å². The lowest BCUT2D eigenvalue weighted by Crippen LogP contribution is -2.45. The molecule has 0 fully saturated rings. The van der Waals surface area contributed by atoms with Gasteiger partial charge < -0.3 is 19.2 Å². The molecule has 0 aliphatic carbocycles. The SMILES string of the molecule is COC(=O)C1(C(O)c2cc(-c3ccccc3)no2)CC(c2ccc([N+](=O)[O-])cc2)=NO1. The Balaban J connectivity index is 1.62. The first kappa shape index (κ1) is 20.2. The molecule has 3 aromatic rings. The first-order chi connectivity index (χ1) is 14.9. The van der Waals surface area contributed by atoms with Crippen molar-refractivity contribution in [2.24, 2.45) is 5.16 Å². The van der Waals surface area contributed by atoms with Gasteiger partial charge in [0.15, 0.2) is 11.9 Å². The van der Waals surface area contributed by atoms with Crippen LogP contribution in [0, 0.1) is 10.1 Å². The number of non-ortho nitro benzene ring substituents is 1. The number of nitrogens with zero attached hydrogens (tertiary/aromatic N) is 3. The zero-order valence-corrected chi connectivity index (χ0v) is 16.3. The number of aliphatic hydroxyl groups is 1. The molecule has 2 unspecified atom stereocenters. The Morgan fingerprint density at radius 2 is 1.90 bits per heavy atom. The molecule has 31 heavy (non-hydrogen) atoms. The summed E-state index contributed by atoms with van der Waals surface area (Å²) in [7, 11) is 1.17. The predicted octanol–water partition coefficient (Wildman–Crippen LogP) is 3.02. The number of ether oxygens (including phenoxy) is 1. The van der Waals surface area contributed by atoms with E-state index in [2.05, 4.69) is 10.3 Å². The Hall–Kier alpha value is -4.05. The van der Waals surface area contributed by atoms with Crippen LogP contribution in [0.15, 0.2) is 70.3 Å². The average molecular weight is 423 g/mol. The summed E-state index contributed by atoms with van der Waals surface area (Å²) >= 11 is 0. The number of carbonyl (C=O) groups is 1. The number of oxime groups is 1. The second-order valence-electron chi connectivity index (χ2n) is 6.87. The van der Waals surface area contributed by atoms with E-state index in [0.29, 0.717) is 17.0 Å². The van der Waals surface area contributed by atoms with Crippen LogP contribution in [0.3, 0.4) is 0 Å². The fourth-order valence-electron chi connectivity index (χ4n) is 3.31. The van der Waals surface area contributed by atoms with Gasteiger partial charge in [0.25, 0.3) is 11.3 Å². The maximum atomic E-state index is 12.6. The lowest BCUT2D eigenvalue weighted by atomic mass is 9.87. The van der Waals surface area contributed by atoms with E-state index in [1.165, 1.54) is 37.4 Å². The minimum Gasteiger partial charge on any atom is -0.466 e. The molecule has 0 spiro atoms. The van der Waals surface area contributed by atoms with Crippen molar-refractivity contribution in [2.45, 2.75) is 18.1 Å². The molecule has 0 amide bonds. The Kier molecular flexibility index (Phi) is 5.22. The van der Waals surface area contributed by atoms with E-state index in [9.17, 15) is 20.0 Å². The van der Waals surface area contributed by atoms with Gasteiger partial charge in [-0.25, -0.2) is 4.79 Å². The second kappa shape index (κ2) is 8.00. The summed E-state index contributed by atoms with van der Waals surface area (Å²) in [4.78, 5) is 28.4. The maximum absolute atomic E-state index is 12.6. The molecule has 1 N–H and O–H groups in total. The maximum Gasteiger partial charge on any atom is 0.356 e. The van der Waals surface area contributed by atoms with Gasteiger partial charge in [-0.05, 0) is 17.7 Å². The number of aromatic nitrogens is 1. The molecule has 1 aromatic heterocycles. The van der Waals surface area contributed by atoms with E-state index < -0.39 is 22.6 Å². The summed E-state index contributed by atoms with van der Waals surface area (Å²) in [6.07, 6.45) is -1.70. The third-order valence-electron chi connectivity index (χ3n) is 5.00. The van der Waals surface area contributed by atoms with Gasteiger partial charge in [0.2, 0.25) is 0 Å². The molecule has 2 heterocycles. The van der Waals surface area contributed by atoms with E-state index in [1.807, 2.05) is 30.3 Å². The molecular formula is C21H17N3O7. The number of rotatable bonds is 6. The smallest absolute Gasteiger partial charge is 0.356 e. The number of hydrogen-bond acceptors (Lipinski definition) is 9. The number of nitro groups is 1. The second-order valence-corrected chi connectivity index (χ2v) is 6.87. The molecule has 2 aromatic carbocycles. The van der Waals surface area contributed by atoms with Crippen molar-refractivity contribution in [3.8, 4) is 11.3 Å². The Morgan fingerprint density at radius 1 is 1.19 bits per heavy atom. The van der Waals surface area contributed by atoms with Crippen LogP contribution in [-0.2, 0) is 14.4 Å². The van der Waals surface area contributed by atoms with Gasteiger partial charge >= 0.3 is 5.97 Å². The van der Waals surface area contributed by atoms with Crippen LogP contribution >= 0.6 is 0 Å². The van der Waals surface area contributed by atoms with E-state index in [0.717, 1.165) is 5.56 Å². The van der Waals surface area contributed by atoms with Crippen LogP contribution in [0.2, 0.25) is 0 Å². The Bertz CT molecular complexity index is 1140. The van der Waals surface area contributed by atoms with Gasteiger partial charge in [0.05, 0.1) is 24.2 Å². The molecule has 0 radical (unpaired) electrons. The van der Waals surface area contributed by atoms with E-state index in [1.54, 1.807) is 0 Å². The summed E-state index contributed by atoms with van der Waals surface area (Å²) in [6, 6.07) is 16.3. The zero-order valence-electron chi connectivity index (χ0n) is 16.3. The topological polar surface area (TPSA) is 137 Å². The molecule has 10 nitrogen and oxygen atoms in total. The Morgan fingerprint density at radius 3 is 2.55 bits per heavy atom. The van der Waals surface area contributed by atoms with Gasteiger partial charge in [0, 0.05) is 23.8 Å². The van der Waals surface area contributed by atoms with Crippen LogP contribution < -0.4 is 0 Å². The number of methoxy groups -OCH3 is 1. The number of benzene rings is 2. The van der Waals surface area contributed by atoms with Gasteiger partial charge in [-0.3, -0.25) is 10.1 Å². The highest BCUT2D eigenvalue weighted by molar-refractivity contribution is 6.05. The van der Waals surface area contributed by atoms with E-state index in [-0.39, 0.29) is 17.9 Å². The van der Waals surface area contributed by atoms with Crippen molar-refractivity contribution in [1.29, 1.82) is 0 Å². The van der Waals surface area contributed by atoms with Gasteiger partial charge in [-0.2, -0.15) is 0 Å². The number of esters is 1. The summed E-state index contributed by atoms with van der Waals surface area (Å²) in [5.74, 6) is -0.845. The van der Waals surface area contributed by atoms with Crippen molar-refractivity contribution in [2.75, 3.05) is 7.11 Å². The normalized spacial score (nSPS) is 18.7. The lowest BCUT2D eigenvalue weighted by molar-refractivity contribution is -0.384.